The van der Waals surface area contributed by atoms with Crippen LogP contribution in [0.5, 0.6) is 0 Å². The second kappa shape index (κ2) is 7.16. The maximum atomic E-state index is 12.2. The van der Waals surface area contributed by atoms with Crippen molar-refractivity contribution in [3.05, 3.63) is 60.9 Å². The number of amides is 2. The lowest BCUT2D eigenvalue weighted by molar-refractivity contribution is 0.262. The van der Waals surface area contributed by atoms with E-state index in [2.05, 4.69) is 30.6 Å². The molecule has 2 aromatic heterocycles. The molecule has 0 bridgehead atoms. The van der Waals surface area contributed by atoms with E-state index >= 15 is 0 Å². The molecule has 9 nitrogen and oxygen atoms in total. The van der Waals surface area contributed by atoms with Crippen molar-refractivity contribution in [1.29, 1.82) is 0 Å². The van der Waals surface area contributed by atoms with Crippen molar-refractivity contribution in [2.24, 2.45) is 0 Å². The SMILES string of the molecule is Nc1ncc(-c2ccc(NC(=O)Nc3ccc(-c4cnc(N)[nH]4)cc3)cc2)[nH]1. The Hall–Kier alpha value is -4.27. The highest BCUT2D eigenvalue weighted by molar-refractivity contribution is 6.00. The summed E-state index contributed by atoms with van der Waals surface area (Å²) in [6, 6.07) is 14.4. The number of carbonyl (C=O) groups excluding carboxylic acids is 1. The van der Waals surface area contributed by atoms with Gasteiger partial charge in [-0.05, 0) is 35.4 Å². The lowest BCUT2D eigenvalue weighted by atomic mass is 10.1. The van der Waals surface area contributed by atoms with Crippen LogP contribution in [0.3, 0.4) is 0 Å². The van der Waals surface area contributed by atoms with Crippen LogP contribution >= 0.6 is 0 Å². The molecule has 140 valence electrons. The number of nitrogens with two attached hydrogens (primary N) is 2. The molecule has 0 unspecified atom stereocenters. The second-order valence-electron chi connectivity index (χ2n) is 6.10. The zero-order chi connectivity index (χ0) is 19.5. The number of aromatic amines is 2. The number of imidazole rings is 2. The summed E-state index contributed by atoms with van der Waals surface area (Å²) in [7, 11) is 0. The molecule has 4 rings (SSSR count). The summed E-state index contributed by atoms with van der Waals surface area (Å²) < 4.78 is 0. The number of anilines is 4. The van der Waals surface area contributed by atoms with E-state index in [4.69, 9.17) is 11.5 Å². The number of carbonyl (C=O) groups is 1. The monoisotopic (exact) mass is 374 g/mol. The van der Waals surface area contributed by atoms with E-state index in [0.29, 0.717) is 23.3 Å². The van der Waals surface area contributed by atoms with Crippen molar-refractivity contribution in [3.8, 4) is 22.5 Å². The zero-order valence-electron chi connectivity index (χ0n) is 14.7. The molecule has 0 aliphatic rings. The lowest BCUT2D eigenvalue weighted by Crippen LogP contribution is -2.19. The summed E-state index contributed by atoms with van der Waals surface area (Å²) in [5.74, 6) is 0.720. The predicted octanol–water partition coefficient (Wildman–Crippen LogP) is 3.28. The molecule has 0 radical (unpaired) electrons. The van der Waals surface area contributed by atoms with Gasteiger partial charge in [0.05, 0.1) is 23.8 Å². The quantitative estimate of drug-likeness (QED) is 0.324. The summed E-state index contributed by atoms with van der Waals surface area (Å²) in [5, 5.41) is 5.58. The van der Waals surface area contributed by atoms with E-state index < -0.39 is 0 Å². The van der Waals surface area contributed by atoms with Crippen molar-refractivity contribution in [1.82, 2.24) is 19.9 Å². The van der Waals surface area contributed by atoms with E-state index in [1.807, 2.05) is 24.3 Å². The number of aromatic nitrogens is 4. The van der Waals surface area contributed by atoms with Gasteiger partial charge >= 0.3 is 6.03 Å². The van der Waals surface area contributed by atoms with Crippen LogP contribution in [0.2, 0.25) is 0 Å². The fourth-order valence-electron chi connectivity index (χ4n) is 2.73. The molecular weight excluding hydrogens is 356 g/mol. The Kier molecular flexibility index (Phi) is 4.38. The molecule has 2 amide bonds. The molecule has 0 atom stereocenters. The fraction of sp³-hybridized carbons (Fsp3) is 0. The number of urea groups is 1. The van der Waals surface area contributed by atoms with Gasteiger partial charge in [0.1, 0.15) is 0 Å². The number of hydrogen-bond acceptors (Lipinski definition) is 5. The van der Waals surface area contributed by atoms with Gasteiger partial charge in [-0.2, -0.15) is 0 Å². The molecular formula is C19H18N8O. The van der Waals surface area contributed by atoms with Crippen molar-refractivity contribution in [2.75, 3.05) is 22.1 Å². The highest BCUT2D eigenvalue weighted by atomic mass is 16.2. The van der Waals surface area contributed by atoms with Gasteiger partial charge in [0.15, 0.2) is 11.9 Å². The Balaban J connectivity index is 1.37. The largest absolute Gasteiger partial charge is 0.369 e. The molecule has 0 saturated carbocycles. The first-order chi connectivity index (χ1) is 13.6. The maximum Gasteiger partial charge on any atom is 0.323 e. The number of rotatable bonds is 4. The molecule has 0 aliphatic carbocycles. The van der Waals surface area contributed by atoms with Gasteiger partial charge in [0.2, 0.25) is 0 Å². The minimum absolute atomic E-state index is 0.336. The Morgan fingerprint density at radius 1 is 0.714 bits per heavy atom. The van der Waals surface area contributed by atoms with Gasteiger partial charge in [-0.1, -0.05) is 24.3 Å². The molecule has 2 heterocycles. The summed E-state index contributed by atoms with van der Waals surface area (Å²) in [4.78, 5) is 26.1. The number of nitrogen functional groups attached to an aromatic ring is 2. The third-order valence-electron chi connectivity index (χ3n) is 4.10. The number of H-pyrrole nitrogens is 2. The summed E-state index contributed by atoms with van der Waals surface area (Å²) in [6.07, 6.45) is 3.32. The standard InChI is InChI=1S/C19H18N8O/c20-17-22-9-15(26-17)11-1-5-13(6-2-11)24-19(28)25-14-7-3-12(4-8-14)16-10-23-18(21)27-16/h1-10H,(H3,20,22,26)(H3,21,23,27)(H2,24,25,28). The smallest absolute Gasteiger partial charge is 0.323 e. The Morgan fingerprint density at radius 2 is 1.11 bits per heavy atom. The second-order valence-corrected chi connectivity index (χ2v) is 6.10. The summed E-state index contributed by atoms with van der Waals surface area (Å²) >= 11 is 0. The van der Waals surface area contributed by atoms with Crippen molar-refractivity contribution >= 4 is 29.3 Å². The number of nitrogens with zero attached hydrogens (tertiary/aromatic N) is 2. The third kappa shape index (κ3) is 3.78. The van der Waals surface area contributed by atoms with E-state index in [1.54, 1.807) is 36.7 Å². The highest BCUT2D eigenvalue weighted by Gasteiger charge is 2.06. The van der Waals surface area contributed by atoms with Crippen LogP contribution in [0, 0.1) is 0 Å². The van der Waals surface area contributed by atoms with Gasteiger partial charge in [-0.25, -0.2) is 14.8 Å². The van der Waals surface area contributed by atoms with Crippen LogP contribution in [0.1, 0.15) is 0 Å². The van der Waals surface area contributed by atoms with E-state index in [-0.39, 0.29) is 6.03 Å². The average molecular weight is 374 g/mol. The normalized spacial score (nSPS) is 10.6. The molecule has 8 N–H and O–H groups in total. The van der Waals surface area contributed by atoms with Crippen LogP contribution < -0.4 is 22.1 Å². The lowest BCUT2D eigenvalue weighted by Gasteiger charge is -2.09. The molecule has 0 spiro atoms. The first-order valence-corrected chi connectivity index (χ1v) is 8.47. The third-order valence-corrected chi connectivity index (χ3v) is 4.10. The van der Waals surface area contributed by atoms with Crippen molar-refractivity contribution < 1.29 is 4.79 Å². The number of benzene rings is 2. The minimum atomic E-state index is -0.336. The molecule has 0 fully saturated rings. The Bertz CT molecular complexity index is 1010. The molecule has 4 aromatic rings. The van der Waals surface area contributed by atoms with Crippen molar-refractivity contribution in [2.45, 2.75) is 0 Å². The first-order valence-electron chi connectivity index (χ1n) is 8.47. The van der Waals surface area contributed by atoms with Gasteiger partial charge in [0.25, 0.3) is 0 Å². The minimum Gasteiger partial charge on any atom is -0.369 e. The van der Waals surface area contributed by atoms with Gasteiger partial charge in [-0.3, -0.25) is 0 Å². The predicted molar refractivity (Wildman–Crippen MR) is 110 cm³/mol. The van der Waals surface area contributed by atoms with Crippen LogP contribution in [0.4, 0.5) is 28.1 Å². The molecule has 28 heavy (non-hydrogen) atoms. The fourth-order valence-corrected chi connectivity index (χ4v) is 2.73. The van der Waals surface area contributed by atoms with Gasteiger partial charge in [-0.15, -0.1) is 0 Å². The van der Waals surface area contributed by atoms with Gasteiger partial charge < -0.3 is 32.1 Å². The first kappa shape index (κ1) is 17.2. The van der Waals surface area contributed by atoms with E-state index in [0.717, 1.165) is 22.5 Å². The van der Waals surface area contributed by atoms with Crippen LogP contribution in [-0.4, -0.2) is 26.0 Å². The summed E-state index contributed by atoms with van der Waals surface area (Å²) in [5.41, 5.74) is 16.0. The zero-order valence-corrected chi connectivity index (χ0v) is 14.7. The Morgan fingerprint density at radius 3 is 1.43 bits per heavy atom. The summed E-state index contributed by atoms with van der Waals surface area (Å²) in [6.45, 7) is 0. The van der Waals surface area contributed by atoms with Gasteiger partial charge in [0, 0.05) is 11.4 Å². The highest BCUT2D eigenvalue weighted by Crippen LogP contribution is 2.22. The van der Waals surface area contributed by atoms with Crippen LogP contribution in [0.25, 0.3) is 22.5 Å². The average Bonchev–Trinajstić information content (AvgIpc) is 3.31. The van der Waals surface area contributed by atoms with Crippen LogP contribution in [-0.2, 0) is 0 Å². The number of nitrogens with one attached hydrogen (secondary N) is 4. The topological polar surface area (TPSA) is 151 Å². The molecule has 2 aromatic carbocycles. The number of hydrogen-bond donors (Lipinski definition) is 6. The van der Waals surface area contributed by atoms with Crippen LogP contribution in [0.15, 0.2) is 60.9 Å². The Labute approximate surface area is 160 Å². The van der Waals surface area contributed by atoms with Crippen molar-refractivity contribution in [3.63, 3.8) is 0 Å². The molecule has 0 saturated heterocycles. The van der Waals surface area contributed by atoms with E-state index in [9.17, 15) is 4.79 Å². The molecule has 9 heteroatoms. The van der Waals surface area contributed by atoms with E-state index in [1.165, 1.54) is 0 Å². The maximum absolute atomic E-state index is 12.2. The molecule has 0 aliphatic heterocycles.